The Balaban J connectivity index is 1.53. The van der Waals surface area contributed by atoms with Crippen molar-refractivity contribution in [1.29, 1.82) is 0 Å². The first-order valence-corrected chi connectivity index (χ1v) is 8.36. The number of halogens is 1. The molecule has 0 bridgehead atoms. The summed E-state index contributed by atoms with van der Waals surface area (Å²) in [4.78, 5) is 26.5. The van der Waals surface area contributed by atoms with Gasteiger partial charge in [0.2, 0.25) is 5.91 Å². The third-order valence-corrected chi connectivity index (χ3v) is 4.46. The predicted molar refractivity (Wildman–Crippen MR) is 91.9 cm³/mol. The van der Waals surface area contributed by atoms with Crippen LogP contribution >= 0.6 is 0 Å². The Morgan fingerprint density at radius 3 is 2.62 bits per heavy atom. The van der Waals surface area contributed by atoms with Gasteiger partial charge >= 0.3 is 5.82 Å². The second-order valence-electron chi connectivity index (χ2n) is 6.35. The van der Waals surface area contributed by atoms with Gasteiger partial charge in [-0.15, -0.1) is 0 Å². The molecule has 26 heavy (non-hydrogen) atoms. The van der Waals surface area contributed by atoms with Gasteiger partial charge in [0, 0.05) is 32.7 Å². The van der Waals surface area contributed by atoms with Crippen molar-refractivity contribution in [3.8, 4) is 0 Å². The third-order valence-electron chi connectivity index (χ3n) is 4.46. The molecule has 1 aromatic carbocycles. The molecule has 1 aliphatic heterocycles. The minimum Gasteiger partial charge on any atom is -0.358 e. The van der Waals surface area contributed by atoms with E-state index in [4.69, 9.17) is 0 Å². The van der Waals surface area contributed by atoms with Gasteiger partial charge < -0.3 is 15.0 Å². The number of nitrogens with zero attached hydrogens (tertiary/aromatic N) is 5. The molecule has 138 valence electrons. The Morgan fingerprint density at radius 1 is 1.27 bits per heavy atom. The van der Waals surface area contributed by atoms with Crippen molar-refractivity contribution in [3.63, 3.8) is 0 Å². The zero-order chi connectivity index (χ0) is 18.7. The summed E-state index contributed by atoms with van der Waals surface area (Å²) in [5.74, 6) is -0.619. The van der Waals surface area contributed by atoms with E-state index in [0.29, 0.717) is 38.4 Å². The van der Waals surface area contributed by atoms with Crippen LogP contribution in [0.1, 0.15) is 11.3 Å². The molecule has 2 aromatic rings. The molecule has 8 nitrogen and oxygen atoms in total. The van der Waals surface area contributed by atoms with Crippen LogP contribution < -0.4 is 0 Å². The van der Waals surface area contributed by atoms with E-state index in [1.54, 1.807) is 17.9 Å². The lowest BCUT2D eigenvalue weighted by molar-refractivity contribution is -0.389. The van der Waals surface area contributed by atoms with E-state index >= 15 is 0 Å². The number of piperazine rings is 1. The van der Waals surface area contributed by atoms with Gasteiger partial charge in [0.1, 0.15) is 12.4 Å². The molecular weight excluding hydrogens is 341 g/mol. The van der Waals surface area contributed by atoms with E-state index in [1.165, 1.54) is 22.9 Å². The van der Waals surface area contributed by atoms with Crippen molar-refractivity contribution in [1.82, 2.24) is 19.6 Å². The minimum atomic E-state index is -0.570. The zero-order valence-corrected chi connectivity index (χ0v) is 14.5. The van der Waals surface area contributed by atoms with Gasteiger partial charge in [0.05, 0.1) is 16.9 Å². The maximum atomic E-state index is 13.3. The van der Waals surface area contributed by atoms with Crippen LogP contribution in [0, 0.1) is 22.9 Å². The average molecular weight is 361 g/mol. The smallest absolute Gasteiger partial charge is 0.358 e. The predicted octanol–water partition coefficient (Wildman–Crippen LogP) is 1.58. The van der Waals surface area contributed by atoms with Gasteiger partial charge in [0.15, 0.2) is 0 Å². The summed E-state index contributed by atoms with van der Waals surface area (Å²) in [6, 6.07) is 7.86. The van der Waals surface area contributed by atoms with Crippen LogP contribution in [0.4, 0.5) is 10.2 Å². The van der Waals surface area contributed by atoms with Crippen molar-refractivity contribution in [2.45, 2.75) is 20.0 Å². The molecule has 0 unspecified atom stereocenters. The first-order chi connectivity index (χ1) is 12.4. The van der Waals surface area contributed by atoms with Crippen LogP contribution in [0.25, 0.3) is 0 Å². The molecule has 0 spiro atoms. The molecule has 0 N–H and O–H groups in total. The quantitative estimate of drug-likeness (QED) is 0.596. The first kappa shape index (κ1) is 18.0. The number of rotatable bonds is 5. The molecule has 1 amide bonds. The highest BCUT2D eigenvalue weighted by Gasteiger charge is 2.24. The fourth-order valence-electron chi connectivity index (χ4n) is 3.02. The second-order valence-corrected chi connectivity index (χ2v) is 6.35. The summed E-state index contributed by atoms with van der Waals surface area (Å²) in [7, 11) is 0. The van der Waals surface area contributed by atoms with Crippen molar-refractivity contribution in [3.05, 3.63) is 57.5 Å². The number of nitro groups is 1. The largest absolute Gasteiger partial charge is 0.390 e. The highest BCUT2D eigenvalue weighted by atomic mass is 19.1. The normalized spacial score (nSPS) is 15.2. The van der Waals surface area contributed by atoms with Crippen LogP contribution in [0.5, 0.6) is 0 Å². The lowest BCUT2D eigenvalue weighted by Crippen LogP contribution is -2.49. The Hall–Kier alpha value is -2.81. The SMILES string of the molecule is Cc1cc([N+](=O)[O-])nn1CC(=O)N1CCN(Cc2cccc(F)c2)CC1. The highest BCUT2D eigenvalue weighted by Crippen LogP contribution is 2.13. The van der Waals surface area contributed by atoms with Crippen LogP contribution in [0.3, 0.4) is 0 Å². The van der Waals surface area contributed by atoms with E-state index < -0.39 is 4.92 Å². The topological polar surface area (TPSA) is 84.5 Å². The molecule has 2 heterocycles. The summed E-state index contributed by atoms with van der Waals surface area (Å²) in [5, 5.41) is 14.6. The Bertz CT molecular complexity index is 814. The summed E-state index contributed by atoms with van der Waals surface area (Å²) >= 11 is 0. The van der Waals surface area contributed by atoms with Crippen LogP contribution in [0.15, 0.2) is 30.3 Å². The molecule has 3 rings (SSSR count). The fraction of sp³-hybridized carbons (Fsp3) is 0.412. The van der Waals surface area contributed by atoms with Crippen molar-refractivity contribution >= 4 is 11.7 Å². The van der Waals surface area contributed by atoms with Gasteiger partial charge in [-0.3, -0.25) is 9.69 Å². The minimum absolute atomic E-state index is 0.0103. The van der Waals surface area contributed by atoms with E-state index in [1.807, 2.05) is 6.07 Å². The molecule has 1 saturated heterocycles. The van der Waals surface area contributed by atoms with Gasteiger partial charge in [-0.25, -0.2) is 4.39 Å². The number of amides is 1. The molecular formula is C17H20FN5O3. The van der Waals surface area contributed by atoms with Crippen LogP contribution in [-0.2, 0) is 17.9 Å². The van der Waals surface area contributed by atoms with Crippen molar-refractivity contribution in [2.24, 2.45) is 0 Å². The number of aromatic nitrogens is 2. The highest BCUT2D eigenvalue weighted by molar-refractivity contribution is 5.76. The number of benzene rings is 1. The maximum Gasteiger partial charge on any atom is 0.390 e. The van der Waals surface area contributed by atoms with Gasteiger partial charge in [-0.2, -0.15) is 4.68 Å². The molecule has 1 aliphatic rings. The number of aryl methyl sites for hydroxylation is 1. The number of hydrogen-bond donors (Lipinski definition) is 0. The zero-order valence-electron chi connectivity index (χ0n) is 14.5. The standard InChI is InChI=1S/C17H20FN5O3/c1-13-9-16(23(25)26)19-22(13)12-17(24)21-7-5-20(6-8-21)11-14-3-2-4-15(18)10-14/h2-4,9-10H,5-8,11-12H2,1H3. The van der Waals surface area contributed by atoms with Crippen molar-refractivity contribution < 1.29 is 14.1 Å². The Morgan fingerprint density at radius 2 is 2.00 bits per heavy atom. The molecule has 0 aliphatic carbocycles. The van der Waals surface area contributed by atoms with E-state index in [0.717, 1.165) is 5.56 Å². The molecule has 0 saturated carbocycles. The molecule has 9 heteroatoms. The van der Waals surface area contributed by atoms with Crippen LogP contribution in [0.2, 0.25) is 0 Å². The number of carbonyl (C=O) groups is 1. The summed E-state index contributed by atoms with van der Waals surface area (Å²) in [6.45, 7) is 4.84. The van der Waals surface area contributed by atoms with E-state index in [9.17, 15) is 19.3 Å². The summed E-state index contributed by atoms with van der Waals surface area (Å²) < 4.78 is 14.6. The average Bonchev–Trinajstić information content (AvgIpc) is 2.96. The maximum absolute atomic E-state index is 13.3. The Labute approximate surface area is 150 Å². The van der Waals surface area contributed by atoms with Crippen molar-refractivity contribution in [2.75, 3.05) is 26.2 Å². The van der Waals surface area contributed by atoms with Gasteiger partial charge in [0.25, 0.3) is 0 Å². The fourth-order valence-corrected chi connectivity index (χ4v) is 3.02. The number of carbonyl (C=O) groups excluding carboxylic acids is 1. The van der Waals surface area contributed by atoms with E-state index in [2.05, 4.69) is 10.00 Å². The summed E-state index contributed by atoms with van der Waals surface area (Å²) in [5.41, 5.74) is 1.49. The summed E-state index contributed by atoms with van der Waals surface area (Å²) in [6.07, 6.45) is 0. The number of hydrogen-bond acceptors (Lipinski definition) is 5. The lowest BCUT2D eigenvalue weighted by atomic mass is 10.2. The first-order valence-electron chi connectivity index (χ1n) is 8.36. The Kier molecular flexibility index (Phi) is 5.27. The molecule has 1 fully saturated rings. The van der Waals surface area contributed by atoms with Crippen LogP contribution in [-0.4, -0.2) is 56.6 Å². The molecule has 0 atom stereocenters. The molecule has 0 radical (unpaired) electrons. The second kappa shape index (κ2) is 7.61. The third kappa shape index (κ3) is 4.23. The lowest BCUT2D eigenvalue weighted by Gasteiger charge is -2.34. The monoisotopic (exact) mass is 361 g/mol. The van der Waals surface area contributed by atoms with Gasteiger partial charge in [-0.05, 0) is 29.5 Å². The van der Waals surface area contributed by atoms with E-state index in [-0.39, 0.29) is 24.1 Å². The molecule has 1 aromatic heterocycles. The van der Waals surface area contributed by atoms with Gasteiger partial charge in [-0.1, -0.05) is 12.1 Å².